The van der Waals surface area contributed by atoms with Crippen molar-refractivity contribution in [2.24, 2.45) is 4.99 Å². The van der Waals surface area contributed by atoms with Crippen LogP contribution in [-0.2, 0) is 9.59 Å². The van der Waals surface area contributed by atoms with E-state index in [4.69, 9.17) is 23.2 Å². The van der Waals surface area contributed by atoms with Crippen LogP contribution in [0.2, 0.25) is 10.0 Å². The van der Waals surface area contributed by atoms with Gasteiger partial charge < -0.3 is 0 Å². The van der Waals surface area contributed by atoms with Crippen molar-refractivity contribution in [1.82, 2.24) is 0 Å². The van der Waals surface area contributed by atoms with Crippen LogP contribution < -0.4 is 4.90 Å². The summed E-state index contributed by atoms with van der Waals surface area (Å²) in [6.07, 6.45) is 0.159. The van der Waals surface area contributed by atoms with Gasteiger partial charge in [0.1, 0.15) is 9.63 Å². The Balaban J connectivity index is 1.85. The fourth-order valence-corrected chi connectivity index (χ4v) is 4.75. The quantitative estimate of drug-likeness (QED) is 0.757. The van der Waals surface area contributed by atoms with Gasteiger partial charge in [0.05, 0.1) is 22.3 Å². The van der Waals surface area contributed by atoms with Gasteiger partial charge in [-0.2, -0.15) is 0 Å². The van der Waals surface area contributed by atoms with Crippen molar-refractivity contribution in [2.45, 2.75) is 11.7 Å². The van der Waals surface area contributed by atoms with Gasteiger partial charge in [-0.25, -0.2) is 4.90 Å². The van der Waals surface area contributed by atoms with Crippen LogP contribution >= 0.6 is 46.7 Å². The third-order valence-corrected chi connectivity index (χ3v) is 6.28. The lowest BCUT2D eigenvalue weighted by Gasteiger charge is -2.16. The third-order valence-electron chi connectivity index (χ3n) is 3.08. The van der Waals surface area contributed by atoms with Crippen molar-refractivity contribution in [1.29, 1.82) is 0 Å². The molecule has 0 bridgehead atoms. The summed E-state index contributed by atoms with van der Waals surface area (Å²) in [5.74, 6) is 0.413. The second-order valence-corrected chi connectivity index (χ2v) is 7.77. The van der Waals surface area contributed by atoms with Crippen LogP contribution in [0, 0.1) is 0 Å². The molecule has 0 saturated carbocycles. The first-order valence-corrected chi connectivity index (χ1v) is 8.85. The molecule has 3 rings (SSSR count). The SMILES string of the molecule is O=C1C[C@@H](SC2=NCCS2)C(=O)N1c1cccc(Cl)c1Cl. The molecule has 2 aliphatic heterocycles. The van der Waals surface area contributed by atoms with Crippen molar-refractivity contribution in [3.05, 3.63) is 28.2 Å². The van der Waals surface area contributed by atoms with Gasteiger partial charge in [-0.05, 0) is 12.1 Å². The van der Waals surface area contributed by atoms with Crippen LogP contribution in [0.5, 0.6) is 0 Å². The van der Waals surface area contributed by atoms with Gasteiger partial charge in [0.25, 0.3) is 0 Å². The van der Waals surface area contributed by atoms with E-state index in [9.17, 15) is 9.59 Å². The van der Waals surface area contributed by atoms with Gasteiger partial charge in [0.2, 0.25) is 11.8 Å². The van der Waals surface area contributed by atoms with E-state index < -0.39 is 5.25 Å². The molecule has 1 fully saturated rings. The summed E-state index contributed by atoms with van der Waals surface area (Å²) >= 11 is 15.0. The molecular formula is C13H10Cl2N2O2S2. The minimum Gasteiger partial charge on any atom is -0.274 e. The van der Waals surface area contributed by atoms with E-state index in [2.05, 4.69) is 4.99 Å². The molecule has 0 aliphatic carbocycles. The number of carbonyl (C=O) groups excluding carboxylic acids is 2. The lowest BCUT2D eigenvalue weighted by atomic mass is 10.3. The molecule has 1 aromatic carbocycles. The maximum absolute atomic E-state index is 12.5. The number of halogens is 2. The summed E-state index contributed by atoms with van der Waals surface area (Å²) in [5.41, 5.74) is 0.350. The Bertz CT molecular complexity index is 651. The van der Waals surface area contributed by atoms with Crippen LogP contribution in [0.3, 0.4) is 0 Å². The maximum Gasteiger partial charge on any atom is 0.247 e. The first kappa shape index (κ1) is 15.2. The number of imide groups is 1. The zero-order valence-corrected chi connectivity index (χ0v) is 13.9. The van der Waals surface area contributed by atoms with Crippen molar-refractivity contribution in [3.63, 3.8) is 0 Å². The molecule has 0 N–H and O–H groups in total. The predicted octanol–water partition coefficient (Wildman–Crippen LogP) is 3.46. The molecule has 1 saturated heterocycles. The van der Waals surface area contributed by atoms with Crippen LogP contribution in [0.1, 0.15) is 6.42 Å². The summed E-state index contributed by atoms with van der Waals surface area (Å²) in [5, 5.41) is 0.109. The minimum absolute atomic E-state index is 0.159. The Morgan fingerprint density at radius 3 is 2.86 bits per heavy atom. The monoisotopic (exact) mass is 360 g/mol. The number of carbonyl (C=O) groups is 2. The fourth-order valence-electron chi connectivity index (χ4n) is 2.12. The van der Waals surface area contributed by atoms with Gasteiger partial charge in [-0.3, -0.25) is 14.6 Å². The average Bonchev–Trinajstić information content (AvgIpc) is 3.04. The predicted molar refractivity (Wildman–Crippen MR) is 89.7 cm³/mol. The molecule has 0 unspecified atom stereocenters. The molecule has 4 nitrogen and oxygen atoms in total. The standard InChI is InChI=1S/C13H10Cl2N2O2S2/c14-7-2-1-3-8(11(7)15)17-10(18)6-9(12(17)19)21-13-16-4-5-20-13/h1-3,9H,4-6H2/t9-/m1/s1. The Labute approximate surface area is 140 Å². The summed E-state index contributed by atoms with van der Waals surface area (Å²) in [4.78, 5) is 30.1. The van der Waals surface area contributed by atoms with E-state index in [-0.39, 0.29) is 23.3 Å². The molecule has 2 amide bonds. The summed E-state index contributed by atoms with van der Waals surface area (Å²) in [6, 6.07) is 4.91. The second kappa shape index (κ2) is 6.20. The van der Waals surface area contributed by atoms with E-state index in [1.165, 1.54) is 11.8 Å². The van der Waals surface area contributed by atoms with Gasteiger partial charge in [-0.1, -0.05) is 52.8 Å². The molecule has 1 aromatic rings. The largest absolute Gasteiger partial charge is 0.274 e. The summed E-state index contributed by atoms with van der Waals surface area (Å²) in [6.45, 7) is 0.770. The van der Waals surface area contributed by atoms with Gasteiger partial charge in [0.15, 0.2) is 0 Å². The molecule has 0 radical (unpaired) electrons. The number of hydrogen-bond donors (Lipinski definition) is 0. The molecule has 8 heteroatoms. The Hall–Kier alpha value is -0.690. The number of rotatable bonds is 2. The zero-order chi connectivity index (χ0) is 15.0. The highest BCUT2D eigenvalue weighted by atomic mass is 35.5. The van der Waals surface area contributed by atoms with Gasteiger partial charge in [-0.15, -0.1) is 0 Å². The number of benzene rings is 1. The fraction of sp³-hybridized carbons (Fsp3) is 0.308. The Morgan fingerprint density at radius 1 is 1.33 bits per heavy atom. The van der Waals surface area contributed by atoms with Crippen LogP contribution in [-0.4, -0.2) is 33.7 Å². The highest BCUT2D eigenvalue weighted by molar-refractivity contribution is 8.39. The topological polar surface area (TPSA) is 49.7 Å². The van der Waals surface area contributed by atoms with E-state index in [1.54, 1.807) is 30.0 Å². The Kier molecular flexibility index (Phi) is 4.49. The van der Waals surface area contributed by atoms with E-state index >= 15 is 0 Å². The van der Waals surface area contributed by atoms with Gasteiger partial charge in [0, 0.05) is 12.2 Å². The second-order valence-electron chi connectivity index (χ2n) is 4.45. The van der Waals surface area contributed by atoms with Crippen molar-refractivity contribution < 1.29 is 9.59 Å². The molecule has 21 heavy (non-hydrogen) atoms. The van der Waals surface area contributed by atoms with Crippen LogP contribution in [0.25, 0.3) is 0 Å². The first-order valence-electron chi connectivity index (χ1n) is 6.22. The lowest BCUT2D eigenvalue weighted by Crippen LogP contribution is -2.31. The van der Waals surface area contributed by atoms with Crippen LogP contribution in [0.15, 0.2) is 23.2 Å². The van der Waals surface area contributed by atoms with E-state index in [0.29, 0.717) is 10.7 Å². The molecule has 2 aliphatic rings. The first-order chi connectivity index (χ1) is 10.1. The molecule has 0 aromatic heterocycles. The maximum atomic E-state index is 12.5. The Morgan fingerprint density at radius 2 is 2.14 bits per heavy atom. The van der Waals surface area contributed by atoms with Crippen LogP contribution in [0.4, 0.5) is 5.69 Å². The highest BCUT2D eigenvalue weighted by Crippen LogP contribution is 2.38. The molecule has 0 spiro atoms. The molecule has 110 valence electrons. The number of anilines is 1. The number of aliphatic imine (C=N–C) groups is 1. The number of nitrogens with zero attached hydrogens (tertiary/aromatic N) is 2. The molecule has 1 atom stereocenters. The highest BCUT2D eigenvalue weighted by Gasteiger charge is 2.41. The van der Waals surface area contributed by atoms with Crippen molar-refractivity contribution in [3.8, 4) is 0 Å². The smallest absolute Gasteiger partial charge is 0.247 e. The van der Waals surface area contributed by atoms with Gasteiger partial charge >= 0.3 is 0 Å². The molecule has 2 heterocycles. The normalized spacial score (nSPS) is 22.1. The average molecular weight is 361 g/mol. The number of amides is 2. The van der Waals surface area contributed by atoms with Crippen molar-refractivity contribution in [2.75, 3.05) is 17.2 Å². The minimum atomic E-state index is -0.433. The number of thioether (sulfide) groups is 2. The summed E-state index contributed by atoms with van der Waals surface area (Å²) < 4.78 is 0.875. The third kappa shape index (κ3) is 2.95. The lowest BCUT2D eigenvalue weighted by molar-refractivity contribution is -0.121. The molecular weight excluding hydrogens is 351 g/mol. The van der Waals surface area contributed by atoms with Crippen molar-refractivity contribution >= 4 is 68.6 Å². The number of hydrogen-bond acceptors (Lipinski definition) is 5. The van der Waals surface area contributed by atoms with E-state index in [1.807, 2.05) is 0 Å². The summed E-state index contributed by atoms with van der Waals surface area (Å²) in [7, 11) is 0. The zero-order valence-electron chi connectivity index (χ0n) is 10.7. The van der Waals surface area contributed by atoms with E-state index in [0.717, 1.165) is 21.6 Å².